The molecule has 0 amide bonds. The molecule has 2 heterocycles. The van der Waals surface area contributed by atoms with Gasteiger partial charge in [-0.3, -0.25) is 13.9 Å². The normalized spacial score (nSPS) is 11.2. The predicted octanol–water partition coefficient (Wildman–Crippen LogP) is 0.919. The smallest absolute Gasteiger partial charge is 0.332 e. The van der Waals surface area contributed by atoms with Crippen LogP contribution in [0.15, 0.2) is 40.1 Å². The van der Waals surface area contributed by atoms with Crippen molar-refractivity contribution in [2.45, 2.75) is 6.92 Å². The fourth-order valence-corrected chi connectivity index (χ4v) is 2.60. The number of aromatic nitrogens is 3. The summed E-state index contributed by atoms with van der Waals surface area (Å²) < 4.78 is 4.10. The van der Waals surface area contributed by atoms with Gasteiger partial charge in [0, 0.05) is 25.7 Å². The quantitative estimate of drug-likeness (QED) is 0.722. The molecule has 6 heteroatoms. The van der Waals surface area contributed by atoms with Gasteiger partial charge in [0.15, 0.2) is 5.69 Å². The number of para-hydroxylation sites is 1. The van der Waals surface area contributed by atoms with Gasteiger partial charge in [-0.2, -0.15) is 0 Å². The van der Waals surface area contributed by atoms with Gasteiger partial charge in [-0.1, -0.05) is 18.2 Å². The van der Waals surface area contributed by atoms with Crippen molar-refractivity contribution in [3.05, 3.63) is 56.9 Å². The van der Waals surface area contributed by atoms with Gasteiger partial charge in [-0.25, -0.2) is 4.79 Å². The number of nitrogens with two attached hydrogens (primary N) is 1. The Kier molecular flexibility index (Phi) is 2.76. The molecular formula is C15H16N4O2. The molecule has 2 aromatic heterocycles. The zero-order valence-electron chi connectivity index (χ0n) is 12.1. The second-order valence-electron chi connectivity index (χ2n) is 5.14. The number of hydrogen-bond donors (Lipinski definition) is 1. The first-order chi connectivity index (χ1) is 9.93. The Balaban J connectivity index is 2.51. The maximum atomic E-state index is 12.5. The number of hydrogen-bond acceptors (Lipinski definition) is 3. The summed E-state index contributed by atoms with van der Waals surface area (Å²) in [7, 11) is 3.01. The molecule has 0 radical (unpaired) electrons. The summed E-state index contributed by atoms with van der Waals surface area (Å²) in [6, 6.07) is 7.76. The first-order valence-electron chi connectivity index (χ1n) is 6.56. The van der Waals surface area contributed by atoms with Gasteiger partial charge in [0.05, 0.1) is 5.52 Å². The molecule has 2 N–H and O–H groups in total. The molecule has 0 aliphatic heterocycles. The number of nitrogens with zero attached hydrogens (tertiary/aromatic N) is 3. The third-order valence-electron chi connectivity index (χ3n) is 3.84. The fraction of sp³-hybridized carbons (Fsp3) is 0.200. The third-order valence-corrected chi connectivity index (χ3v) is 3.84. The van der Waals surface area contributed by atoms with E-state index in [1.807, 2.05) is 37.4 Å². The minimum Gasteiger partial charge on any atom is -0.383 e. The summed E-state index contributed by atoms with van der Waals surface area (Å²) in [6.45, 7) is 1.97. The van der Waals surface area contributed by atoms with Crippen molar-refractivity contribution in [1.82, 2.24) is 13.7 Å². The van der Waals surface area contributed by atoms with Crippen LogP contribution in [0.2, 0.25) is 0 Å². The molecule has 21 heavy (non-hydrogen) atoms. The van der Waals surface area contributed by atoms with E-state index in [0.29, 0.717) is 5.69 Å². The van der Waals surface area contributed by atoms with Crippen molar-refractivity contribution in [2.75, 3.05) is 5.73 Å². The van der Waals surface area contributed by atoms with E-state index >= 15 is 0 Å². The SMILES string of the molecule is Cc1cn(-c2c(N)n(C)c(=O)n(C)c2=O)c2ccccc12. The molecule has 3 rings (SSSR count). The molecule has 0 saturated heterocycles. The number of anilines is 1. The topological polar surface area (TPSA) is 74.9 Å². The number of nitrogen functional groups attached to an aromatic ring is 1. The van der Waals surface area contributed by atoms with Crippen molar-refractivity contribution in [3.8, 4) is 5.69 Å². The van der Waals surface area contributed by atoms with Gasteiger partial charge in [0.25, 0.3) is 5.56 Å². The van der Waals surface area contributed by atoms with Gasteiger partial charge in [0.2, 0.25) is 0 Å². The standard InChI is InChI=1S/C15H16N4O2/c1-9-8-19(11-7-5-4-6-10(9)11)12-13(16)17(2)15(21)18(3)14(12)20/h4-8H,16H2,1-3H3. The first kappa shape index (κ1) is 13.2. The number of benzene rings is 1. The van der Waals surface area contributed by atoms with Gasteiger partial charge in [-0.05, 0) is 18.6 Å². The molecular weight excluding hydrogens is 268 g/mol. The van der Waals surface area contributed by atoms with E-state index in [0.717, 1.165) is 21.0 Å². The summed E-state index contributed by atoms with van der Waals surface area (Å²) in [5.41, 5.74) is 7.40. The predicted molar refractivity (Wildman–Crippen MR) is 82.9 cm³/mol. The van der Waals surface area contributed by atoms with Gasteiger partial charge in [-0.15, -0.1) is 0 Å². The van der Waals surface area contributed by atoms with Crippen LogP contribution >= 0.6 is 0 Å². The maximum Gasteiger partial charge on any atom is 0.332 e. The van der Waals surface area contributed by atoms with Crippen LogP contribution in [-0.4, -0.2) is 13.7 Å². The van der Waals surface area contributed by atoms with E-state index in [-0.39, 0.29) is 5.82 Å². The van der Waals surface area contributed by atoms with Crippen LogP contribution in [-0.2, 0) is 14.1 Å². The first-order valence-corrected chi connectivity index (χ1v) is 6.56. The Morgan fingerprint density at radius 1 is 1.05 bits per heavy atom. The molecule has 0 aliphatic rings. The molecule has 0 aliphatic carbocycles. The molecule has 0 bridgehead atoms. The zero-order valence-corrected chi connectivity index (χ0v) is 12.1. The monoisotopic (exact) mass is 284 g/mol. The summed E-state index contributed by atoms with van der Waals surface area (Å²) in [4.78, 5) is 24.4. The summed E-state index contributed by atoms with van der Waals surface area (Å²) in [5, 5.41) is 1.05. The molecule has 1 aromatic carbocycles. The van der Waals surface area contributed by atoms with Crippen molar-refractivity contribution >= 4 is 16.7 Å². The minimum absolute atomic E-state index is 0.156. The van der Waals surface area contributed by atoms with Crippen molar-refractivity contribution in [2.24, 2.45) is 14.1 Å². The fourth-order valence-electron chi connectivity index (χ4n) is 2.60. The Hall–Kier alpha value is -2.76. The maximum absolute atomic E-state index is 12.5. The number of rotatable bonds is 1. The lowest BCUT2D eigenvalue weighted by molar-refractivity contribution is 0.685. The van der Waals surface area contributed by atoms with Crippen molar-refractivity contribution in [3.63, 3.8) is 0 Å². The lowest BCUT2D eigenvalue weighted by Crippen LogP contribution is -2.40. The van der Waals surface area contributed by atoms with Gasteiger partial charge in [0.1, 0.15) is 5.82 Å². The van der Waals surface area contributed by atoms with Crippen LogP contribution in [0.4, 0.5) is 5.82 Å². The molecule has 0 spiro atoms. The Labute approximate surface area is 120 Å². The second kappa shape index (κ2) is 4.37. The Morgan fingerprint density at radius 3 is 2.43 bits per heavy atom. The summed E-state index contributed by atoms with van der Waals surface area (Å²) in [5.74, 6) is 0.156. The molecule has 3 aromatic rings. The second-order valence-corrected chi connectivity index (χ2v) is 5.14. The van der Waals surface area contributed by atoms with Gasteiger partial charge < -0.3 is 10.3 Å². The number of fused-ring (bicyclic) bond motifs is 1. The minimum atomic E-state index is -0.436. The average molecular weight is 284 g/mol. The van der Waals surface area contributed by atoms with E-state index in [9.17, 15) is 9.59 Å². The lowest BCUT2D eigenvalue weighted by Gasteiger charge is -2.13. The highest BCUT2D eigenvalue weighted by atomic mass is 16.2. The van der Waals surface area contributed by atoms with Crippen molar-refractivity contribution < 1.29 is 0 Å². The molecule has 108 valence electrons. The molecule has 6 nitrogen and oxygen atoms in total. The highest BCUT2D eigenvalue weighted by molar-refractivity contribution is 5.86. The Morgan fingerprint density at radius 2 is 1.71 bits per heavy atom. The van der Waals surface area contributed by atoms with Crippen LogP contribution in [0.1, 0.15) is 5.56 Å². The van der Waals surface area contributed by atoms with E-state index in [1.165, 1.54) is 11.6 Å². The molecule has 0 fully saturated rings. The van der Waals surface area contributed by atoms with Crippen LogP contribution in [0.3, 0.4) is 0 Å². The molecule has 0 unspecified atom stereocenters. The van der Waals surface area contributed by atoms with E-state index in [1.54, 1.807) is 11.6 Å². The van der Waals surface area contributed by atoms with Crippen LogP contribution in [0.5, 0.6) is 0 Å². The lowest BCUT2D eigenvalue weighted by atomic mass is 10.2. The Bertz CT molecular complexity index is 976. The average Bonchev–Trinajstić information content (AvgIpc) is 2.81. The van der Waals surface area contributed by atoms with Gasteiger partial charge >= 0.3 is 5.69 Å². The zero-order chi connectivity index (χ0) is 15.3. The molecule has 0 atom stereocenters. The number of aryl methyl sites for hydroxylation is 1. The van der Waals surface area contributed by atoms with Crippen LogP contribution < -0.4 is 17.0 Å². The van der Waals surface area contributed by atoms with Crippen molar-refractivity contribution in [1.29, 1.82) is 0 Å². The van der Waals surface area contributed by atoms with E-state index in [2.05, 4.69) is 0 Å². The highest BCUT2D eigenvalue weighted by Gasteiger charge is 2.17. The van der Waals surface area contributed by atoms with E-state index in [4.69, 9.17) is 5.73 Å². The van der Waals surface area contributed by atoms with Crippen LogP contribution in [0.25, 0.3) is 16.6 Å². The summed E-state index contributed by atoms with van der Waals surface area (Å²) >= 11 is 0. The van der Waals surface area contributed by atoms with E-state index < -0.39 is 11.2 Å². The third kappa shape index (κ3) is 1.72. The molecule has 0 saturated carbocycles. The van der Waals surface area contributed by atoms with Crippen LogP contribution in [0, 0.1) is 6.92 Å². The highest BCUT2D eigenvalue weighted by Crippen LogP contribution is 2.24. The summed E-state index contributed by atoms with van der Waals surface area (Å²) in [6.07, 6.45) is 1.86. The largest absolute Gasteiger partial charge is 0.383 e.